The number of anilines is 3. The first-order valence-corrected chi connectivity index (χ1v) is 15.4. The molecule has 0 saturated carbocycles. The van der Waals surface area contributed by atoms with E-state index in [2.05, 4.69) is 4.90 Å². The van der Waals surface area contributed by atoms with Crippen LogP contribution in [0.15, 0.2) is 126 Å². The second-order valence-electron chi connectivity index (χ2n) is 10.8. The predicted octanol–water partition coefficient (Wildman–Crippen LogP) is 6.09. The molecule has 4 aromatic carbocycles. The van der Waals surface area contributed by atoms with E-state index in [1.807, 2.05) is 91.0 Å². The Morgan fingerprint density at radius 2 is 0.894 bits per heavy atom. The van der Waals surface area contributed by atoms with Crippen molar-refractivity contribution in [2.45, 2.75) is 13.8 Å². The lowest BCUT2D eigenvalue weighted by molar-refractivity contribution is -0.146. The largest absolute Gasteiger partial charge is 0.465 e. The summed E-state index contributed by atoms with van der Waals surface area (Å²) in [6, 6.07) is 36.3. The number of nitrogens with zero attached hydrogens (tertiary/aromatic N) is 3. The minimum atomic E-state index is -0.604. The number of para-hydroxylation sites is 2. The van der Waals surface area contributed by atoms with E-state index in [-0.39, 0.29) is 43.1 Å². The number of hydrogen-bond acceptors (Lipinski definition) is 7. The molecule has 0 spiro atoms. The van der Waals surface area contributed by atoms with E-state index in [0.717, 1.165) is 17.1 Å². The molecule has 2 amide bonds. The Balaban J connectivity index is 1.50. The van der Waals surface area contributed by atoms with Crippen molar-refractivity contribution in [3.8, 4) is 0 Å². The maximum Gasteiger partial charge on any atom is 0.326 e. The van der Waals surface area contributed by atoms with Gasteiger partial charge in [0.05, 0.1) is 35.8 Å². The number of amides is 2. The third kappa shape index (κ3) is 6.03. The van der Waals surface area contributed by atoms with Gasteiger partial charge in [-0.15, -0.1) is 0 Å². The van der Waals surface area contributed by atoms with Crippen molar-refractivity contribution in [1.82, 2.24) is 9.80 Å². The van der Waals surface area contributed by atoms with Gasteiger partial charge in [-0.1, -0.05) is 78.9 Å². The molecule has 0 aromatic heterocycles. The molecule has 2 aliphatic rings. The van der Waals surface area contributed by atoms with E-state index >= 15 is 0 Å². The van der Waals surface area contributed by atoms with Gasteiger partial charge in [0.15, 0.2) is 0 Å². The summed E-state index contributed by atoms with van der Waals surface area (Å²) in [5.74, 6) is -2.26. The molecule has 0 bridgehead atoms. The number of rotatable bonds is 11. The second kappa shape index (κ2) is 13.6. The zero-order valence-electron chi connectivity index (χ0n) is 26.1. The Morgan fingerprint density at radius 3 is 1.30 bits per heavy atom. The van der Waals surface area contributed by atoms with Crippen molar-refractivity contribution in [2.24, 2.45) is 0 Å². The highest BCUT2D eigenvalue weighted by molar-refractivity contribution is 6.31. The molecular formula is C38H33N3O6. The van der Waals surface area contributed by atoms with Gasteiger partial charge in [-0.3, -0.25) is 29.0 Å². The summed E-state index contributed by atoms with van der Waals surface area (Å²) in [5.41, 5.74) is 4.71. The summed E-state index contributed by atoms with van der Waals surface area (Å²) < 4.78 is 10.4. The van der Waals surface area contributed by atoms with E-state index in [9.17, 15) is 19.2 Å². The van der Waals surface area contributed by atoms with Crippen molar-refractivity contribution in [1.29, 1.82) is 0 Å². The highest BCUT2D eigenvalue weighted by Gasteiger charge is 2.49. The number of benzene rings is 4. The molecule has 2 heterocycles. The van der Waals surface area contributed by atoms with Crippen molar-refractivity contribution < 1.29 is 28.7 Å². The fraction of sp³-hybridized carbons (Fsp3) is 0.158. The van der Waals surface area contributed by atoms with E-state index in [0.29, 0.717) is 16.8 Å². The van der Waals surface area contributed by atoms with Crippen molar-refractivity contribution >= 4 is 52.2 Å². The minimum Gasteiger partial charge on any atom is -0.465 e. The molecule has 47 heavy (non-hydrogen) atoms. The Hall–Kier alpha value is -5.96. The van der Waals surface area contributed by atoms with Crippen LogP contribution in [0.2, 0.25) is 0 Å². The van der Waals surface area contributed by atoms with Crippen LogP contribution in [0.5, 0.6) is 0 Å². The molecule has 9 heteroatoms. The summed E-state index contributed by atoms with van der Waals surface area (Å²) in [7, 11) is 0. The molecule has 0 saturated heterocycles. The number of fused-ring (bicyclic) bond motifs is 1. The molecule has 0 radical (unpaired) electrons. The smallest absolute Gasteiger partial charge is 0.326 e. The summed E-state index contributed by atoms with van der Waals surface area (Å²) in [6.45, 7) is 2.91. The highest BCUT2D eigenvalue weighted by atomic mass is 16.5. The van der Waals surface area contributed by atoms with Gasteiger partial charge < -0.3 is 14.4 Å². The third-order valence-electron chi connectivity index (χ3n) is 7.84. The van der Waals surface area contributed by atoms with Crippen molar-refractivity contribution in [3.63, 3.8) is 0 Å². The molecular weight excluding hydrogens is 594 g/mol. The monoisotopic (exact) mass is 627 g/mol. The van der Waals surface area contributed by atoms with Crippen LogP contribution in [0, 0.1) is 0 Å². The number of ether oxygens (including phenoxy) is 2. The predicted molar refractivity (Wildman–Crippen MR) is 178 cm³/mol. The Bertz CT molecular complexity index is 1830. The van der Waals surface area contributed by atoms with Crippen molar-refractivity contribution in [2.75, 3.05) is 31.2 Å². The van der Waals surface area contributed by atoms with Gasteiger partial charge in [-0.25, -0.2) is 0 Å². The van der Waals surface area contributed by atoms with Crippen LogP contribution in [0.25, 0.3) is 11.4 Å². The lowest BCUT2D eigenvalue weighted by atomic mass is 10.0. The molecule has 0 fully saturated rings. The maximum atomic E-state index is 14.3. The SMILES string of the molecule is CCOC(=O)CN1C(=O)C2=C(c3ccc(N(c4ccccc4)c4ccccc4)cc3)N(CC(=O)OCC)C(=O)C2=C1c1ccccc1. The Labute approximate surface area is 272 Å². The lowest BCUT2D eigenvalue weighted by Gasteiger charge is -2.26. The first-order chi connectivity index (χ1) is 22.9. The average molecular weight is 628 g/mol. The number of carbonyl (C=O) groups excluding carboxylic acids is 4. The van der Waals surface area contributed by atoms with Gasteiger partial charge in [0.1, 0.15) is 13.1 Å². The molecule has 4 aromatic rings. The summed E-state index contributed by atoms with van der Waals surface area (Å²) >= 11 is 0. The van der Waals surface area contributed by atoms with E-state index in [4.69, 9.17) is 9.47 Å². The van der Waals surface area contributed by atoms with Crippen LogP contribution in [0.4, 0.5) is 17.1 Å². The molecule has 2 aliphatic heterocycles. The van der Waals surface area contributed by atoms with Gasteiger partial charge in [-0.2, -0.15) is 0 Å². The van der Waals surface area contributed by atoms with Crippen LogP contribution in [0.1, 0.15) is 25.0 Å². The Morgan fingerprint density at radius 1 is 0.532 bits per heavy atom. The van der Waals surface area contributed by atoms with Gasteiger partial charge in [0, 0.05) is 17.1 Å². The van der Waals surface area contributed by atoms with E-state index in [1.54, 1.807) is 38.1 Å². The molecule has 0 atom stereocenters. The molecule has 6 rings (SSSR count). The van der Waals surface area contributed by atoms with Crippen LogP contribution >= 0.6 is 0 Å². The first-order valence-electron chi connectivity index (χ1n) is 15.4. The second-order valence-corrected chi connectivity index (χ2v) is 10.8. The highest BCUT2D eigenvalue weighted by Crippen LogP contribution is 2.47. The maximum absolute atomic E-state index is 14.3. The minimum absolute atomic E-state index is 0.123. The van der Waals surface area contributed by atoms with Gasteiger partial charge >= 0.3 is 11.9 Å². The summed E-state index contributed by atoms with van der Waals surface area (Å²) in [5, 5.41) is 0. The fourth-order valence-electron chi connectivity index (χ4n) is 5.94. The zero-order chi connectivity index (χ0) is 32.9. The van der Waals surface area contributed by atoms with Crippen LogP contribution in [0.3, 0.4) is 0 Å². The Kier molecular flexibility index (Phi) is 8.97. The zero-order valence-corrected chi connectivity index (χ0v) is 26.1. The molecule has 0 N–H and O–H groups in total. The molecule has 236 valence electrons. The fourth-order valence-corrected chi connectivity index (χ4v) is 5.94. The number of hydrogen-bond donors (Lipinski definition) is 0. The van der Waals surface area contributed by atoms with Crippen LogP contribution in [-0.2, 0) is 28.7 Å². The van der Waals surface area contributed by atoms with Gasteiger partial charge in [0.2, 0.25) is 0 Å². The standard InChI is InChI=1S/C38H33N3O6/c1-3-46-31(42)24-39-35(26-14-8-5-9-15-26)33-34(38(39)45)36(40(37(33)44)25-32(43)47-4-2)27-20-22-30(23-21-27)41(28-16-10-6-11-17-28)29-18-12-7-13-19-29/h5-23H,3-4,24-25H2,1-2H3. The number of carbonyl (C=O) groups is 4. The average Bonchev–Trinajstić information content (AvgIpc) is 3.53. The third-order valence-corrected chi connectivity index (χ3v) is 7.84. The summed E-state index contributed by atoms with van der Waals surface area (Å²) in [4.78, 5) is 58.7. The normalized spacial score (nSPS) is 14.1. The lowest BCUT2D eigenvalue weighted by Crippen LogP contribution is -2.35. The topological polar surface area (TPSA) is 96.5 Å². The van der Waals surface area contributed by atoms with E-state index in [1.165, 1.54) is 9.80 Å². The van der Waals surface area contributed by atoms with Crippen LogP contribution < -0.4 is 4.90 Å². The number of esters is 2. The molecule has 0 aliphatic carbocycles. The van der Waals surface area contributed by atoms with Gasteiger partial charge in [0.25, 0.3) is 11.8 Å². The first kappa shape index (κ1) is 31.0. The molecule has 9 nitrogen and oxygen atoms in total. The van der Waals surface area contributed by atoms with Crippen LogP contribution in [-0.4, -0.2) is 59.9 Å². The summed E-state index contributed by atoms with van der Waals surface area (Å²) in [6.07, 6.45) is 0. The quantitative estimate of drug-likeness (QED) is 0.186. The van der Waals surface area contributed by atoms with Crippen molar-refractivity contribution in [3.05, 3.63) is 138 Å². The van der Waals surface area contributed by atoms with E-state index < -0.39 is 23.8 Å². The molecule has 0 unspecified atom stereocenters. The van der Waals surface area contributed by atoms with Gasteiger partial charge in [-0.05, 0) is 61.4 Å².